The monoisotopic (exact) mass is 378 g/mol. The zero-order valence-electron chi connectivity index (χ0n) is 15.2. The average molecular weight is 378 g/mol. The zero-order chi connectivity index (χ0) is 19.0. The number of aromatic nitrogens is 2. The molecule has 2 aromatic heterocycles. The van der Waals surface area contributed by atoms with Gasteiger partial charge in [-0.25, -0.2) is 9.37 Å². The molecule has 136 valence electrons. The molecule has 0 spiro atoms. The molecular formula is C22H19FN2OS. The van der Waals surface area contributed by atoms with E-state index in [4.69, 9.17) is 4.98 Å². The highest BCUT2D eigenvalue weighted by molar-refractivity contribution is 7.17. The van der Waals surface area contributed by atoms with E-state index in [1.165, 1.54) is 15.9 Å². The molecule has 5 heteroatoms. The van der Waals surface area contributed by atoms with Gasteiger partial charge in [0.1, 0.15) is 17.3 Å². The number of benzene rings is 2. The summed E-state index contributed by atoms with van der Waals surface area (Å²) in [7, 11) is 0. The number of thiophene rings is 1. The molecule has 3 nitrogen and oxygen atoms in total. The Morgan fingerprint density at radius 3 is 2.15 bits per heavy atom. The predicted molar refractivity (Wildman–Crippen MR) is 110 cm³/mol. The van der Waals surface area contributed by atoms with Crippen LogP contribution in [0, 0.1) is 13.8 Å². The molecule has 27 heavy (non-hydrogen) atoms. The van der Waals surface area contributed by atoms with E-state index in [2.05, 4.69) is 0 Å². The Labute approximate surface area is 160 Å². The van der Waals surface area contributed by atoms with Crippen LogP contribution in [0.2, 0.25) is 0 Å². The number of aryl methyl sites for hydroxylation is 2. The molecule has 4 aromatic rings. The molecule has 0 saturated carbocycles. The molecule has 2 heterocycles. The van der Waals surface area contributed by atoms with Crippen LogP contribution >= 0.6 is 11.3 Å². The lowest BCUT2D eigenvalue weighted by atomic mass is 10.0. The first-order valence-electron chi connectivity index (χ1n) is 8.80. The van der Waals surface area contributed by atoms with Crippen molar-refractivity contribution < 1.29 is 4.39 Å². The fourth-order valence-corrected chi connectivity index (χ4v) is 4.12. The van der Waals surface area contributed by atoms with Crippen molar-refractivity contribution in [1.82, 2.24) is 9.55 Å². The largest absolute Gasteiger partial charge is 0.289 e. The lowest BCUT2D eigenvalue weighted by molar-refractivity contribution is 0.441. The van der Waals surface area contributed by atoms with Crippen LogP contribution in [0.25, 0.3) is 32.7 Å². The van der Waals surface area contributed by atoms with Crippen molar-refractivity contribution in [2.24, 2.45) is 0 Å². The molecule has 0 atom stereocenters. The van der Waals surface area contributed by atoms with Gasteiger partial charge in [-0.1, -0.05) is 59.7 Å². The van der Waals surface area contributed by atoms with Crippen molar-refractivity contribution in [1.29, 1.82) is 0 Å². The van der Waals surface area contributed by atoms with Crippen LogP contribution in [0.5, 0.6) is 0 Å². The lowest BCUT2D eigenvalue weighted by Crippen LogP contribution is -2.24. The van der Waals surface area contributed by atoms with E-state index < -0.39 is 6.67 Å². The molecule has 0 N–H and O–H groups in total. The van der Waals surface area contributed by atoms with Gasteiger partial charge in [-0.05, 0) is 19.4 Å². The van der Waals surface area contributed by atoms with Crippen molar-refractivity contribution in [3.05, 3.63) is 75.4 Å². The Bertz CT molecular complexity index is 1160. The molecule has 0 saturated heterocycles. The summed E-state index contributed by atoms with van der Waals surface area (Å²) in [6.45, 7) is 3.41. The van der Waals surface area contributed by atoms with Gasteiger partial charge in [0.25, 0.3) is 5.56 Å². The Morgan fingerprint density at radius 2 is 1.56 bits per heavy atom. The molecule has 0 aliphatic rings. The fourth-order valence-electron chi connectivity index (χ4n) is 3.18. The summed E-state index contributed by atoms with van der Waals surface area (Å²) in [4.78, 5) is 18.7. The molecule has 0 unspecified atom stereocenters. The number of alkyl halides is 1. The van der Waals surface area contributed by atoms with Crippen LogP contribution in [0.1, 0.15) is 11.1 Å². The quantitative estimate of drug-likeness (QED) is 0.478. The van der Waals surface area contributed by atoms with E-state index in [-0.39, 0.29) is 12.1 Å². The summed E-state index contributed by atoms with van der Waals surface area (Å²) in [5, 5.41) is 2.52. The number of fused-ring (bicyclic) bond motifs is 1. The topological polar surface area (TPSA) is 34.9 Å². The van der Waals surface area contributed by atoms with E-state index in [9.17, 15) is 9.18 Å². The molecule has 0 amide bonds. The van der Waals surface area contributed by atoms with E-state index in [1.54, 1.807) is 0 Å². The second-order valence-corrected chi connectivity index (χ2v) is 7.50. The van der Waals surface area contributed by atoms with E-state index in [1.807, 2.05) is 67.8 Å². The summed E-state index contributed by atoms with van der Waals surface area (Å²) >= 11 is 1.45. The standard InChI is InChI=1S/C22H19FN2OS/c1-14-3-7-16(8-4-14)18-13-27-21-19(18)22(26)25(12-11-23)20(24-21)17-9-5-15(2)6-10-17/h3-10,13H,11-12H2,1-2H3. The van der Waals surface area contributed by atoms with E-state index in [0.717, 1.165) is 27.8 Å². The van der Waals surface area contributed by atoms with Gasteiger partial charge in [-0.2, -0.15) is 0 Å². The third-order valence-corrected chi connectivity index (χ3v) is 5.55. The van der Waals surface area contributed by atoms with Gasteiger partial charge in [0, 0.05) is 16.5 Å². The molecule has 0 radical (unpaired) electrons. The Kier molecular flexibility index (Phi) is 4.62. The van der Waals surface area contributed by atoms with E-state index in [0.29, 0.717) is 16.0 Å². The van der Waals surface area contributed by atoms with Crippen LogP contribution < -0.4 is 5.56 Å². The summed E-state index contributed by atoms with van der Waals surface area (Å²) in [6.07, 6.45) is 0. The summed E-state index contributed by atoms with van der Waals surface area (Å²) in [5.74, 6) is 0.516. The van der Waals surface area contributed by atoms with E-state index >= 15 is 0 Å². The highest BCUT2D eigenvalue weighted by atomic mass is 32.1. The Balaban J connectivity index is 1.97. The highest BCUT2D eigenvalue weighted by Crippen LogP contribution is 2.32. The number of halogens is 1. The number of hydrogen-bond acceptors (Lipinski definition) is 3. The van der Waals surface area contributed by atoms with Crippen molar-refractivity contribution >= 4 is 21.6 Å². The Hall–Kier alpha value is -2.79. The van der Waals surface area contributed by atoms with Crippen LogP contribution in [-0.4, -0.2) is 16.2 Å². The zero-order valence-corrected chi connectivity index (χ0v) is 16.0. The first kappa shape index (κ1) is 17.6. The summed E-state index contributed by atoms with van der Waals surface area (Å²) < 4.78 is 14.7. The van der Waals surface area contributed by atoms with Gasteiger partial charge in [0.2, 0.25) is 0 Å². The minimum Gasteiger partial charge on any atom is -0.289 e. The molecule has 0 aliphatic heterocycles. The molecule has 4 rings (SSSR count). The normalized spacial score (nSPS) is 11.2. The van der Waals surface area contributed by atoms with Crippen LogP contribution in [0.15, 0.2) is 58.7 Å². The van der Waals surface area contributed by atoms with Crippen molar-refractivity contribution in [2.45, 2.75) is 20.4 Å². The second kappa shape index (κ2) is 7.08. The van der Waals surface area contributed by atoms with Gasteiger partial charge in [0.15, 0.2) is 0 Å². The minimum absolute atomic E-state index is 0.00579. The fraction of sp³-hybridized carbons (Fsp3) is 0.182. The maximum Gasteiger partial charge on any atom is 0.263 e. The first-order chi connectivity index (χ1) is 13.1. The maximum atomic E-state index is 13.3. The first-order valence-corrected chi connectivity index (χ1v) is 9.68. The van der Waals surface area contributed by atoms with Crippen molar-refractivity contribution in [3.63, 3.8) is 0 Å². The van der Waals surface area contributed by atoms with Crippen LogP contribution in [0.3, 0.4) is 0 Å². The predicted octanol–water partition coefficient (Wildman–Crippen LogP) is 5.38. The van der Waals surface area contributed by atoms with Gasteiger partial charge in [-0.3, -0.25) is 9.36 Å². The summed E-state index contributed by atoms with van der Waals surface area (Å²) in [6, 6.07) is 15.8. The highest BCUT2D eigenvalue weighted by Gasteiger charge is 2.18. The van der Waals surface area contributed by atoms with Gasteiger partial charge in [0.05, 0.1) is 11.9 Å². The molecule has 0 bridgehead atoms. The molecular weight excluding hydrogens is 359 g/mol. The number of hydrogen-bond donors (Lipinski definition) is 0. The molecule has 0 fully saturated rings. The minimum atomic E-state index is -0.615. The van der Waals surface area contributed by atoms with Crippen LogP contribution in [0.4, 0.5) is 4.39 Å². The SMILES string of the molecule is Cc1ccc(-c2csc3nc(-c4ccc(C)cc4)n(CCF)c(=O)c23)cc1. The number of nitrogens with zero attached hydrogens (tertiary/aromatic N) is 2. The van der Waals surface area contributed by atoms with Crippen LogP contribution in [-0.2, 0) is 6.54 Å². The maximum absolute atomic E-state index is 13.3. The van der Waals surface area contributed by atoms with Crippen molar-refractivity contribution in [2.75, 3.05) is 6.67 Å². The van der Waals surface area contributed by atoms with Gasteiger partial charge >= 0.3 is 0 Å². The van der Waals surface area contributed by atoms with Gasteiger partial charge in [-0.15, -0.1) is 11.3 Å². The Morgan fingerprint density at radius 1 is 0.963 bits per heavy atom. The third kappa shape index (κ3) is 3.19. The third-order valence-electron chi connectivity index (χ3n) is 4.67. The number of rotatable bonds is 4. The summed E-state index contributed by atoms with van der Waals surface area (Å²) in [5.41, 5.74) is 4.74. The second-order valence-electron chi connectivity index (χ2n) is 6.64. The lowest BCUT2D eigenvalue weighted by Gasteiger charge is -2.12. The molecule has 2 aromatic carbocycles. The molecule has 0 aliphatic carbocycles. The average Bonchev–Trinajstić information content (AvgIpc) is 3.09. The van der Waals surface area contributed by atoms with Gasteiger partial charge < -0.3 is 0 Å². The van der Waals surface area contributed by atoms with Crippen molar-refractivity contribution in [3.8, 4) is 22.5 Å². The smallest absolute Gasteiger partial charge is 0.263 e.